The minimum absolute atomic E-state index is 0.135. The molecule has 3 heterocycles. The van der Waals surface area contributed by atoms with Crippen LogP contribution in [0.2, 0.25) is 0 Å². The van der Waals surface area contributed by atoms with E-state index in [1.165, 1.54) is 0 Å². The molecule has 3 rings (SSSR count). The van der Waals surface area contributed by atoms with E-state index in [0.717, 1.165) is 37.4 Å². The van der Waals surface area contributed by atoms with E-state index >= 15 is 0 Å². The topological polar surface area (TPSA) is 82.1 Å². The predicted molar refractivity (Wildman–Crippen MR) is 86.6 cm³/mol. The third kappa shape index (κ3) is 3.66. The second-order valence-electron chi connectivity index (χ2n) is 6.50. The van der Waals surface area contributed by atoms with Crippen molar-refractivity contribution < 1.29 is 9.26 Å². The molecule has 9 heteroatoms. The lowest BCUT2D eigenvalue weighted by Crippen LogP contribution is -2.37. The number of aromatic nitrogens is 5. The molecule has 1 fully saturated rings. The van der Waals surface area contributed by atoms with E-state index in [1.54, 1.807) is 11.8 Å². The zero-order valence-electron chi connectivity index (χ0n) is 13.9. The standard InChI is InChI=1S/C14H22N6O2S/c1-14(2,3)11-15-10(18-22-11)9-23-13-17-16-12(19(13)4)20-5-7-21-8-6-20/h5-9H2,1-4H3. The Kier molecular flexibility index (Phi) is 4.58. The normalized spacial score (nSPS) is 16.1. The summed E-state index contributed by atoms with van der Waals surface area (Å²) in [4.78, 5) is 6.63. The van der Waals surface area contributed by atoms with Gasteiger partial charge in [0.05, 0.1) is 19.0 Å². The molecule has 0 aromatic carbocycles. The van der Waals surface area contributed by atoms with E-state index < -0.39 is 0 Å². The van der Waals surface area contributed by atoms with Crippen LogP contribution in [0, 0.1) is 0 Å². The summed E-state index contributed by atoms with van der Waals surface area (Å²) in [5.74, 6) is 2.81. The van der Waals surface area contributed by atoms with Gasteiger partial charge in [0.15, 0.2) is 11.0 Å². The van der Waals surface area contributed by atoms with Gasteiger partial charge < -0.3 is 14.2 Å². The molecule has 0 aliphatic carbocycles. The maximum Gasteiger partial charge on any atom is 0.232 e. The van der Waals surface area contributed by atoms with E-state index in [0.29, 0.717) is 17.5 Å². The molecule has 8 nitrogen and oxygen atoms in total. The average Bonchev–Trinajstić information content (AvgIpc) is 3.13. The van der Waals surface area contributed by atoms with Gasteiger partial charge in [-0.2, -0.15) is 4.98 Å². The first-order chi connectivity index (χ1) is 10.9. The van der Waals surface area contributed by atoms with Crippen LogP contribution in [0.4, 0.5) is 5.95 Å². The molecule has 0 atom stereocenters. The van der Waals surface area contributed by atoms with Crippen LogP contribution in [0.1, 0.15) is 32.5 Å². The quantitative estimate of drug-likeness (QED) is 0.778. The van der Waals surface area contributed by atoms with Crippen LogP contribution < -0.4 is 4.90 Å². The summed E-state index contributed by atoms with van der Waals surface area (Å²) in [5.41, 5.74) is -0.135. The Balaban J connectivity index is 1.64. The Morgan fingerprint density at radius 3 is 2.57 bits per heavy atom. The summed E-state index contributed by atoms with van der Waals surface area (Å²) in [6.45, 7) is 9.30. The zero-order chi connectivity index (χ0) is 16.4. The number of anilines is 1. The van der Waals surface area contributed by atoms with Gasteiger partial charge >= 0.3 is 0 Å². The number of hydrogen-bond donors (Lipinski definition) is 0. The van der Waals surface area contributed by atoms with Gasteiger partial charge in [0, 0.05) is 25.6 Å². The molecule has 0 unspecified atom stereocenters. The highest BCUT2D eigenvalue weighted by molar-refractivity contribution is 7.98. The van der Waals surface area contributed by atoms with Crippen molar-refractivity contribution in [3.63, 3.8) is 0 Å². The summed E-state index contributed by atoms with van der Waals surface area (Å²) in [6, 6.07) is 0. The monoisotopic (exact) mass is 338 g/mol. The molecule has 2 aromatic rings. The molecule has 0 N–H and O–H groups in total. The molecule has 2 aromatic heterocycles. The Hall–Kier alpha value is -1.61. The van der Waals surface area contributed by atoms with Crippen molar-refractivity contribution in [1.29, 1.82) is 0 Å². The molecule has 1 aliphatic rings. The fraction of sp³-hybridized carbons (Fsp3) is 0.714. The minimum Gasteiger partial charge on any atom is -0.378 e. The van der Waals surface area contributed by atoms with Crippen molar-refractivity contribution in [3.05, 3.63) is 11.7 Å². The summed E-state index contributed by atoms with van der Waals surface area (Å²) in [7, 11) is 1.98. The average molecular weight is 338 g/mol. The van der Waals surface area contributed by atoms with E-state index in [9.17, 15) is 0 Å². The molecular formula is C14H22N6O2S. The summed E-state index contributed by atoms with van der Waals surface area (Å²) >= 11 is 1.56. The number of morpholine rings is 1. The van der Waals surface area contributed by atoms with Crippen LogP contribution in [-0.4, -0.2) is 51.2 Å². The first kappa shape index (κ1) is 16.3. The number of hydrogen-bond acceptors (Lipinski definition) is 8. The number of ether oxygens (including phenoxy) is 1. The van der Waals surface area contributed by atoms with Gasteiger partial charge in [-0.15, -0.1) is 10.2 Å². The smallest absolute Gasteiger partial charge is 0.232 e. The van der Waals surface area contributed by atoms with Gasteiger partial charge in [0.25, 0.3) is 0 Å². The van der Waals surface area contributed by atoms with Gasteiger partial charge in [-0.05, 0) is 0 Å². The van der Waals surface area contributed by atoms with Crippen LogP contribution in [0.3, 0.4) is 0 Å². The Morgan fingerprint density at radius 2 is 1.91 bits per heavy atom. The number of rotatable bonds is 4. The fourth-order valence-electron chi connectivity index (χ4n) is 2.22. The SMILES string of the molecule is Cn1c(SCc2noc(C(C)(C)C)n2)nnc1N1CCOCC1. The van der Waals surface area contributed by atoms with Crippen LogP contribution in [0.15, 0.2) is 9.68 Å². The molecule has 0 radical (unpaired) electrons. The van der Waals surface area contributed by atoms with E-state index in [2.05, 4.69) is 46.0 Å². The summed E-state index contributed by atoms with van der Waals surface area (Å²) in [6.07, 6.45) is 0. The molecule has 0 spiro atoms. The highest BCUT2D eigenvalue weighted by Gasteiger charge is 2.22. The molecule has 126 valence electrons. The van der Waals surface area contributed by atoms with Crippen LogP contribution in [-0.2, 0) is 23.0 Å². The third-order valence-electron chi connectivity index (χ3n) is 3.55. The van der Waals surface area contributed by atoms with Crippen molar-refractivity contribution in [1.82, 2.24) is 24.9 Å². The van der Waals surface area contributed by atoms with Gasteiger partial charge in [-0.1, -0.05) is 37.7 Å². The maximum atomic E-state index is 5.37. The highest BCUT2D eigenvalue weighted by Crippen LogP contribution is 2.25. The Labute approximate surface area is 139 Å². The van der Waals surface area contributed by atoms with Crippen LogP contribution in [0.5, 0.6) is 0 Å². The second-order valence-corrected chi connectivity index (χ2v) is 7.44. The molecule has 1 aliphatic heterocycles. The van der Waals surface area contributed by atoms with Crippen LogP contribution >= 0.6 is 11.8 Å². The largest absolute Gasteiger partial charge is 0.378 e. The molecule has 0 saturated carbocycles. The summed E-state index contributed by atoms with van der Waals surface area (Å²) in [5, 5.41) is 13.4. The van der Waals surface area contributed by atoms with E-state index in [1.807, 2.05) is 11.6 Å². The number of nitrogens with zero attached hydrogens (tertiary/aromatic N) is 6. The van der Waals surface area contributed by atoms with Crippen molar-refractivity contribution in [2.45, 2.75) is 37.1 Å². The maximum absolute atomic E-state index is 5.37. The summed E-state index contributed by atoms with van der Waals surface area (Å²) < 4.78 is 12.7. The fourth-order valence-corrected chi connectivity index (χ4v) is 2.97. The lowest BCUT2D eigenvalue weighted by Gasteiger charge is -2.27. The highest BCUT2D eigenvalue weighted by atomic mass is 32.2. The van der Waals surface area contributed by atoms with E-state index in [4.69, 9.17) is 9.26 Å². The van der Waals surface area contributed by atoms with Crippen molar-refractivity contribution in [3.8, 4) is 0 Å². The zero-order valence-corrected chi connectivity index (χ0v) is 14.8. The molecule has 1 saturated heterocycles. The molecule has 0 amide bonds. The van der Waals surface area contributed by atoms with E-state index in [-0.39, 0.29) is 5.41 Å². The molecular weight excluding hydrogens is 316 g/mol. The van der Waals surface area contributed by atoms with Gasteiger partial charge in [0.2, 0.25) is 11.8 Å². The second kappa shape index (κ2) is 6.48. The predicted octanol–water partition coefficient (Wildman–Crippen LogP) is 1.62. The Morgan fingerprint density at radius 1 is 1.17 bits per heavy atom. The third-order valence-corrected chi connectivity index (χ3v) is 4.56. The van der Waals surface area contributed by atoms with Crippen molar-refractivity contribution in [2.75, 3.05) is 31.2 Å². The first-order valence-corrected chi connectivity index (χ1v) is 8.61. The van der Waals surface area contributed by atoms with Crippen molar-refractivity contribution in [2.24, 2.45) is 7.05 Å². The van der Waals surface area contributed by atoms with Gasteiger partial charge in [-0.25, -0.2) is 0 Å². The first-order valence-electron chi connectivity index (χ1n) is 7.63. The lowest BCUT2D eigenvalue weighted by atomic mass is 9.97. The van der Waals surface area contributed by atoms with Crippen LogP contribution in [0.25, 0.3) is 0 Å². The lowest BCUT2D eigenvalue weighted by molar-refractivity contribution is 0.121. The number of thioether (sulfide) groups is 1. The molecule has 0 bridgehead atoms. The van der Waals surface area contributed by atoms with Gasteiger partial charge in [0.1, 0.15) is 0 Å². The Bertz CT molecular complexity index is 657. The molecule has 23 heavy (non-hydrogen) atoms. The van der Waals surface area contributed by atoms with Gasteiger partial charge in [-0.3, -0.25) is 4.57 Å². The van der Waals surface area contributed by atoms with Crippen molar-refractivity contribution >= 4 is 17.7 Å². The minimum atomic E-state index is -0.135.